The second kappa shape index (κ2) is 9.53. The Labute approximate surface area is 223 Å². The average Bonchev–Trinajstić information content (AvgIpc) is 3.42. The van der Waals surface area contributed by atoms with E-state index < -0.39 is 21.3 Å². The summed E-state index contributed by atoms with van der Waals surface area (Å²) in [6, 6.07) is 34.3. The second-order valence-electron chi connectivity index (χ2n) is 10.4. The molecule has 0 amide bonds. The molecule has 0 radical (unpaired) electrons. The molecule has 36 heavy (non-hydrogen) atoms. The summed E-state index contributed by atoms with van der Waals surface area (Å²) in [6.07, 6.45) is 4.74. The summed E-state index contributed by atoms with van der Waals surface area (Å²) in [5, 5.41) is 0. The van der Waals surface area contributed by atoms with Crippen LogP contribution in [0.2, 0.25) is 0 Å². The number of fused-ring (bicyclic) bond motifs is 3. The topological polar surface area (TPSA) is 0 Å². The Morgan fingerprint density at radius 3 is 1.92 bits per heavy atom. The van der Waals surface area contributed by atoms with Crippen molar-refractivity contribution < 1.29 is 21.3 Å². The fourth-order valence-electron chi connectivity index (χ4n) is 6.00. The third kappa shape index (κ3) is 4.08. The first-order chi connectivity index (χ1) is 17.5. The van der Waals surface area contributed by atoms with Crippen molar-refractivity contribution in [2.75, 3.05) is 0 Å². The van der Waals surface area contributed by atoms with Crippen LogP contribution in [0.15, 0.2) is 111 Å². The van der Waals surface area contributed by atoms with Gasteiger partial charge in [-0.2, -0.15) is 0 Å². The van der Waals surface area contributed by atoms with Crippen LogP contribution in [0.25, 0.3) is 11.1 Å². The maximum absolute atomic E-state index is 2.61. The van der Waals surface area contributed by atoms with E-state index in [1.54, 1.807) is 15.3 Å². The van der Waals surface area contributed by atoms with Crippen LogP contribution in [0, 0.1) is 13.8 Å². The Morgan fingerprint density at radius 2 is 1.31 bits per heavy atom. The first-order valence-corrected chi connectivity index (χ1v) is 16.6. The van der Waals surface area contributed by atoms with Crippen molar-refractivity contribution in [3.8, 4) is 11.1 Å². The van der Waals surface area contributed by atoms with E-state index in [2.05, 4.69) is 125 Å². The van der Waals surface area contributed by atoms with Crippen LogP contribution >= 0.6 is 0 Å². The van der Waals surface area contributed by atoms with Crippen LogP contribution in [-0.2, 0) is 27.7 Å². The molecule has 0 N–H and O–H groups in total. The van der Waals surface area contributed by atoms with Gasteiger partial charge in [-0.1, -0.05) is 0 Å². The van der Waals surface area contributed by atoms with E-state index in [1.807, 2.05) is 0 Å². The predicted molar refractivity (Wildman–Crippen MR) is 151 cm³/mol. The van der Waals surface area contributed by atoms with Gasteiger partial charge in [0.25, 0.3) is 0 Å². The van der Waals surface area contributed by atoms with E-state index in [4.69, 9.17) is 0 Å². The third-order valence-corrected chi connectivity index (χ3v) is 15.9. The number of hydrogen-bond donors (Lipinski definition) is 0. The predicted octanol–water partition coefficient (Wildman–Crippen LogP) is 8.01. The maximum atomic E-state index is 2.56. The Kier molecular flexibility index (Phi) is 6.22. The van der Waals surface area contributed by atoms with Gasteiger partial charge in [0.05, 0.1) is 0 Å². The van der Waals surface area contributed by atoms with Crippen molar-refractivity contribution in [2.24, 2.45) is 0 Å². The molecule has 4 aromatic rings. The second-order valence-corrected chi connectivity index (χ2v) is 16.3. The monoisotopic (exact) mass is 542 g/mol. The van der Waals surface area contributed by atoms with E-state index in [1.165, 1.54) is 50.1 Å². The van der Waals surface area contributed by atoms with Crippen LogP contribution < -0.4 is 3.27 Å². The number of hydrogen-bond acceptors (Lipinski definition) is 0. The standard InChI is InChI=1S/C15H13.C13H10.C7H9.Zr/c1-10-3-5-14-12(7-10)9-13-8-11(2)4-6-15(13)14;1-3-7-12(8-4-1)11-13-9-5-2-6-10-13;1-6-4-3-5-7(6)2;/h3-7H,9H2,1-2H3;1-10H;4H,5H2,1-2H3;. The molecule has 0 heterocycles. The summed E-state index contributed by atoms with van der Waals surface area (Å²) in [5.41, 5.74) is 14.6. The molecular formula is C35H32Zr. The van der Waals surface area contributed by atoms with E-state index in [9.17, 15) is 0 Å². The zero-order valence-electron chi connectivity index (χ0n) is 21.7. The molecule has 176 valence electrons. The minimum atomic E-state index is -2.61. The molecule has 2 aliphatic carbocycles. The molecule has 0 aliphatic heterocycles. The van der Waals surface area contributed by atoms with Gasteiger partial charge in [0, 0.05) is 0 Å². The van der Waals surface area contributed by atoms with Crippen LogP contribution in [0.3, 0.4) is 0 Å². The van der Waals surface area contributed by atoms with E-state index in [-0.39, 0.29) is 0 Å². The molecule has 0 spiro atoms. The van der Waals surface area contributed by atoms with Crippen LogP contribution in [0.1, 0.15) is 53.6 Å². The summed E-state index contributed by atoms with van der Waals surface area (Å²) in [7, 11) is 0. The Hall–Kier alpha value is -2.89. The Balaban J connectivity index is 1.71. The van der Waals surface area contributed by atoms with E-state index in [0.29, 0.717) is 0 Å². The molecule has 4 aromatic carbocycles. The van der Waals surface area contributed by atoms with Crippen molar-refractivity contribution >= 4 is 6.48 Å². The SMILES string of the molecule is CC1=C(C)C[C]([Zr](=[C](c2ccccc2)c2ccccc2)[c]2c(C)ccc3c2Cc2cc(C)ccc2-3)=C1. The van der Waals surface area contributed by atoms with Gasteiger partial charge in [-0.15, -0.1) is 0 Å². The van der Waals surface area contributed by atoms with Crippen molar-refractivity contribution in [2.45, 2.75) is 40.5 Å². The summed E-state index contributed by atoms with van der Waals surface area (Å²) in [6.45, 7) is 9.20. The minimum absolute atomic E-state index is 1.06. The average molecular weight is 544 g/mol. The molecule has 0 nitrogen and oxygen atoms in total. The molecule has 0 fully saturated rings. The van der Waals surface area contributed by atoms with E-state index in [0.717, 1.165) is 12.8 Å². The van der Waals surface area contributed by atoms with E-state index >= 15 is 0 Å². The molecule has 0 atom stereocenters. The molecule has 2 aliphatic rings. The molecule has 0 saturated heterocycles. The molecule has 0 unspecified atom stereocenters. The number of aryl methyl sites for hydroxylation is 2. The normalized spacial score (nSPS) is 13.9. The quantitative estimate of drug-likeness (QED) is 0.215. The van der Waals surface area contributed by atoms with Gasteiger partial charge < -0.3 is 0 Å². The molecule has 0 aromatic heterocycles. The third-order valence-electron chi connectivity index (χ3n) is 7.90. The first kappa shape index (κ1) is 23.5. The summed E-state index contributed by atoms with van der Waals surface area (Å²) in [4.78, 5) is 0. The van der Waals surface area contributed by atoms with Crippen LogP contribution in [0.4, 0.5) is 0 Å². The summed E-state index contributed by atoms with van der Waals surface area (Å²) >= 11 is -2.61. The fourth-order valence-corrected chi connectivity index (χ4v) is 14.9. The molecule has 0 bridgehead atoms. The van der Waals surface area contributed by atoms with Crippen molar-refractivity contribution in [1.82, 2.24) is 0 Å². The molecule has 1 heteroatoms. The van der Waals surface area contributed by atoms with Gasteiger partial charge in [0.2, 0.25) is 0 Å². The van der Waals surface area contributed by atoms with Crippen LogP contribution in [-0.4, -0.2) is 3.21 Å². The Bertz CT molecular complexity index is 1540. The van der Waals surface area contributed by atoms with Crippen molar-refractivity contribution in [3.63, 3.8) is 0 Å². The van der Waals surface area contributed by atoms with Crippen LogP contribution in [0.5, 0.6) is 0 Å². The van der Waals surface area contributed by atoms with Crippen molar-refractivity contribution in [1.29, 1.82) is 0 Å². The fraction of sp³-hybridized carbons (Fsp3) is 0.171. The van der Waals surface area contributed by atoms with Gasteiger partial charge in [0.15, 0.2) is 0 Å². The molecule has 6 rings (SSSR count). The van der Waals surface area contributed by atoms with Gasteiger partial charge in [0.1, 0.15) is 0 Å². The Morgan fingerprint density at radius 1 is 0.667 bits per heavy atom. The summed E-state index contributed by atoms with van der Waals surface area (Å²) < 4.78 is 5.01. The number of allylic oxidation sites excluding steroid dienone is 4. The van der Waals surface area contributed by atoms with Crippen molar-refractivity contribution in [3.05, 3.63) is 145 Å². The summed E-state index contributed by atoms with van der Waals surface area (Å²) in [5.74, 6) is 0. The zero-order valence-corrected chi connectivity index (χ0v) is 24.1. The first-order valence-electron chi connectivity index (χ1n) is 13.0. The number of rotatable bonds is 4. The number of benzene rings is 4. The van der Waals surface area contributed by atoms with Gasteiger partial charge in [-0.3, -0.25) is 0 Å². The zero-order chi connectivity index (χ0) is 24.8. The molecular weight excluding hydrogens is 512 g/mol. The van der Waals surface area contributed by atoms with Gasteiger partial charge in [-0.25, -0.2) is 0 Å². The van der Waals surface area contributed by atoms with Gasteiger partial charge in [-0.05, 0) is 0 Å². The van der Waals surface area contributed by atoms with Gasteiger partial charge >= 0.3 is 224 Å². The molecule has 0 saturated carbocycles.